The standard InChI is InChI=1S/C14H25N3/c1-9(8-15)13-10(2)16-12(17-11(13)3)7-14(4,5)6/h9H,7-8,15H2,1-6H3. The van der Waals surface area contributed by atoms with Crippen LogP contribution < -0.4 is 5.73 Å². The van der Waals surface area contributed by atoms with Gasteiger partial charge in [-0.15, -0.1) is 0 Å². The van der Waals surface area contributed by atoms with Crippen molar-refractivity contribution in [2.24, 2.45) is 11.1 Å². The molecule has 0 aromatic carbocycles. The lowest BCUT2D eigenvalue weighted by atomic mass is 9.91. The van der Waals surface area contributed by atoms with Crippen molar-refractivity contribution in [3.05, 3.63) is 22.8 Å². The first-order chi connectivity index (χ1) is 7.74. The second-order valence-electron chi connectivity index (χ2n) is 6.10. The lowest BCUT2D eigenvalue weighted by Gasteiger charge is -2.20. The fourth-order valence-corrected chi connectivity index (χ4v) is 2.18. The summed E-state index contributed by atoms with van der Waals surface area (Å²) in [6, 6.07) is 0. The molecule has 1 aromatic heterocycles. The molecule has 0 saturated heterocycles. The van der Waals surface area contributed by atoms with Gasteiger partial charge in [-0.3, -0.25) is 0 Å². The monoisotopic (exact) mass is 235 g/mol. The summed E-state index contributed by atoms with van der Waals surface area (Å²) in [6.07, 6.45) is 0.909. The molecule has 0 saturated carbocycles. The van der Waals surface area contributed by atoms with Crippen molar-refractivity contribution in [3.63, 3.8) is 0 Å². The van der Waals surface area contributed by atoms with Crippen molar-refractivity contribution in [2.75, 3.05) is 6.54 Å². The van der Waals surface area contributed by atoms with Gasteiger partial charge in [0, 0.05) is 17.8 Å². The maximum Gasteiger partial charge on any atom is 0.129 e. The van der Waals surface area contributed by atoms with Gasteiger partial charge in [0.1, 0.15) is 5.82 Å². The SMILES string of the molecule is Cc1nc(CC(C)(C)C)nc(C)c1C(C)CN. The normalized spacial score (nSPS) is 13.8. The number of aromatic nitrogens is 2. The summed E-state index contributed by atoms with van der Waals surface area (Å²) in [7, 11) is 0. The highest BCUT2D eigenvalue weighted by Gasteiger charge is 2.17. The summed E-state index contributed by atoms with van der Waals surface area (Å²) in [5, 5.41) is 0. The third kappa shape index (κ3) is 3.77. The van der Waals surface area contributed by atoms with Crippen LogP contribution in [0.1, 0.15) is 56.4 Å². The van der Waals surface area contributed by atoms with Crippen LogP contribution in [0.25, 0.3) is 0 Å². The van der Waals surface area contributed by atoms with Gasteiger partial charge in [-0.25, -0.2) is 9.97 Å². The summed E-state index contributed by atoms with van der Waals surface area (Å²) in [5.41, 5.74) is 9.32. The van der Waals surface area contributed by atoms with Crippen LogP contribution in [0.5, 0.6) is 0 Å². The molecule has 17 heavy (non-hydrogen) atoms. The Morgan fingerprint density at radius 3 is 1.94 bits per heavy atom. The minimum absolute atomic E-state index is 0.222. The highest BCUT2D eigenvalue weighted by molar-refractivity contribution is 5.28. The summed E-state index contributed by atoms with van der Waals surface area (Å²) >= 11 is 0. The molecule has 0 aliphatic rings. The van der Waals surface area contributed by atoms with Gasteiger partial charge >= 0.3 is 0 Å². The van der Waals surface area contributed by atoms with E-state index in [0.717, 1.165) is 23.6 Å². The fourth-order valence-electron chi connectivity index (χ4n) is 2.18. The number of hydrogen-bond acceptors (Lipinski definition) is 3. The van der Waals surface area contributed by atoms with Gasteiger partial charge in [-0.2, -0.15) is 0 Å². The molecule has 96 valence electrons. The second kappa shape index (κ2) is 5.13. The summed E-state index contributed by atoms with van der Waals surface area (Å²) in [5.74, 6) is 1.28. The Kier molecular flexibility index (Phi) is 4.26. The van der Waals surface area contributed by atoms with Crippen molar-refractivity contribution in [1.82, 2.24) is 9.97 Å². The van der Waals surface area contributed by atoms with E-state index >= 15 is 0 Å². The molecule has 0 fully saturated rings. The zero-order valence-corrected chi connectivity index (χ0v) is 12.0. The molecule has 3 nitrogen and oxygen atoms in total. The first-order valence-electron chi connectivity index (χ1n) is 6.28. The average Bonchev–Trinajstić information content (AvgIpc) is 2.13. The molecule has 0 aliphatic carbocycles. The van der Waals surface area contributed by atoms with Crippen LogP contribution in [0.2, 0.25) is 0 Å². The predicted molar refractivity (Wildman–Crippen MR) is 72.1 cm³/mol. The van der Waals surface area contributed by atoms with E-state index in [0.29, 0.717) is 12.5 Å². The third-order valence-corrected chi connectivity index (χ3v) is 2.91. The van der Waals surface area contributed by atoms with E-state index in [9.17, 15) is 0 Å². The molecular weight excluding hydrogens is 210 g/mol. The highest BCUT2D eigenvalue weighted by Crippen LogP contribution is 2.23. The highest BCUT2D eigenvalue weighted by atomic mass is 14.9. The lowest BCUT2D eigenvalue weighted by Crippen LogP contribution is -2.17. The van der Waals surface area contributed by atoms with Crippen LogP contribution in [0.15, 0.2) is 0 Å². The zero-order valence-electron chi connectivity index (χ0n) is 12.0. The molecular formula is C14H25N3. The van der Waals surface area contributed by atoms with Gasteiger partial charge in [-0.1, -0.05) is 27.7 Å². The number of aryl methyl sites for hydroxylation is 2. The smallest absolute Gasteiger partial charge is 0.129 e. The van der Waals surface area contributed by atoms with Crippen molar-refractivity contribution in [3.8, 4) is 0 Å². The minimum atomic E-state index is 0.222. The van der Waals surface area contributed by atoms with E-state index in [1.54, 1.807) is 0 Å². The maximum atomic E-state index is 5.73. The summed E-state index contributed by atoms with van der Waals surface area (Å²) in [6.45, 7) is 13.5. The second-order valence-corrected chi connectivity index (χ2v) is 6.10. The molecule has 0 spiro atoms. The zero-order chi connectivity index (χ0) is 13.2. The molecule has 1 heterocycles. The Morgan fingerprint density at radius 2 is 1.59 bits per heavy atom. The molecule has 0 amide bonds. The van der Waals surface area contributed by atoms with Crippen LogP contribution in [0, 0.1) is 19.3 Å². The van der Waals surface area contributed by atoms with Crippen molar-refractivity contribution in [1.29, 1.82) is 0 Å². The van der Waals surface area contributed by atoms with Crippen molar-refractivity contribution in [2.45, 2.75) is 53.9 Å². The Balaban J connectivity index is 3.10. The molecule has 3 heteroatoms. The molecule has 0 aliphatic heterocycles. The number of rotatable bonds is 3. The van der Waals surface area contributed by atoms with Crippen molar-refractivity contribution < 1.29 is 0 Å². The van der Waals surface area contributed by atoms with E-state index < -0.39 is 0 Å². The van der Waals surface area contributed by atoms with Crippen molar-refractivity contribution >= 4 is 0 Å². The number of nitrogens with two attached hydrogens (primary N) is 1. The van der Waals surface area contributed by atoms with Crippen LogP contribution in [-0.2, 0) is 6.42 Å². The summed E-state index contributed by atoms with van der Waals surface area (Å²) < 4.78 is 0. The van der Waals surface area contributed by atoms with Gasteiger partial charge in [0.05, 0.1) is 0 Å². The Bertz CT molecular complexity index is 368. The first-order valence-corrected chi connectivity index (χ1v) is 6.28. The van der Waals surface area contributed by atoms with E-state index in [2.05, 4.69) is 51.5 Å². The molecule has 1 aromatic rings. The Morgan fingerprint density at radius 1 is 1.12 bits per heavy atom. The third-order valence-electron chi connectivity index (χ3n) is 2.91. The van der Waals surface area contributed by atoms with Gasteiger partial charge < -0.3 is 5.73 Å². The van der Waals surface area contributed by atoms with Crippen LogP contribution in [0.4, 0.5) is 0 Å². The van der Waals surface area contributed by atoms with E-state index in [-0.39, 0.29) is 5.41 Å². The van der Waals surface area contributed by atoms with Gasteiger partial charge in [0.15, 0.2) is 0 Å². The fraction of sp³-hybridized carbons (Fsp3) is 0.714. The van der Waals surface area contributed by atoms with Crippen LogP contribution >= 0.6 is 0 Å². The molecule has 1 atom stereocenters. The van der Waals surface area contributed by atoms with Crippen LogP contribution in [0.3, 0.4) is 0 Å². The Labute approximate surface area is 105 Å². The van der Waals surface area contributed by atoms with Crippen LogP contribution in [-0.4, -0.2) is 16.5 Å². The van der Waals surface area contributed by atoms with Gasteiger partial charge in [-0.05, 0) is 37.3 Å². The average molecular weight is 235 g/mol. The molecule has 2 N–H and O–H groups in total. The minimum Gasteiger partial charge on any atom is -0.330 e. The quantitative estimate of drug-likeness (QED) is 0.876. The first kappa shape index (κ1) is 14.1. The van der Waals surface area contributed by atoms with E-state index in [1.807, 2.05) is 0 Å². The molecule has 1 unspecified atom stereocenters. The Hall–Kier alpha value is -0.960. The lowest BCUT2D eigenvalue weighted by molar-refractivity contribution is 0.399. The van der Waals surface area contributed by atoms with E-state index in [1.165, 1.54) is 5.56 Å². The molecule has 0 radical (unpaired) electrons. The molecule has 1 rings (SSSR count). The summed E-state index contributed by atoms with van der Waals surface area (Å²) in [4.78, 5) is 9.24. The predicted octanol–water partition coefficient (Wildman–Crippen LogP) is 2.74. The largest absolute Gasteiger partial charge is 0.330 e. The van der Waals surface area contributed by atoms with Gasteiger partial charge in [0.2, 0.25) is 0 Å². The molecule has 0 bridgehead atoms. The van der Waals surface area contributed by atoms with Gasteiger partial charge in [0.25, 0.3) is 0 Å². The number of nitrogens with zero attached hydrogens (tertiary/aromatic N) is 2. The van der Waals surface area contributed by atoms with E-state index in [4.69, 9.17) is 5.73 Å². The number of hydrogen-bond donors (Lipinski definition) is 1. The maximum absolute atomic E-state index is 5.73. The topological polar surface area (TPSA) is 51.8 Å².